The second-order valence-electron chi connectivity index (χ2n) is 6.29. The maximum atomic E-state index is 12.4. The SMILES string of the molecule is COc1ccc(C(=O)NCC(=O)Nc2ncccc2OCc2ccncc2)cc1OC. The second kappa shape index (κ2) is 10.6. The third-order valence-electron chi connectivity index (χ3n) is 4.23. The van der Waals surface area contributed by atoms with Crippen LogP contribution in [-0.2, 0) is 11.4 Å². The van der Waals surface area contributed by atoms with Crippen LogP contribution in [0.1, 0.15) is 15.9 Å². The molecule has 9 heteroatoms. The van der Waals surface area contributed by atoms with Crippen LogP contribution in [0.15, 0.2) is 61.1 Å². The molecule has 160 valence electrons. The van der Waals surface area contributed by atoms with Crippen molar-refractivity contribution in [2.45, 2.75) is 6.61 Å². The minimum absolute atomic E-state index is 0.243. The van der Waals surface area contributed by atoms with Crippen LogP contribution in [0.5, 0.6) is 17.2 Å². The van der Waals surface area contributed by atoms with Crippen molar-refractivity contribution in [1.29, 1.82) is 0 Å². The van der Waals surface area contributed by atoms with Gasteiger partial charge in [0.1, 0.15) is 6.61 Å². The number of rotatable bonds is 9. The van der Waals surface area contributed by atoms with Crippen LogP contribution in [0.4, 0.5) is 5.82 Å². The van der Waals surface area contributed by atoms with Crippen molar-refractivity contribution in [1.82, 2.24) is 15.3 Å². The number of pyridine rings is 2. The minimum Gasteiger partial charge on any atom is -0.493 e. The van der Waals surface area contributed by atoms with Crippen molar-refractivity contribution in [2.24, 2.45) is 0 Å². The first-order valence-electron chi connectivity index (χ1n) is 9.37. The lowest BCUT2D eigenvalue weighted by molar-refractivity contribution is -0.115. The van der Waals surface area contributed by atoms with E-state index in [1.54, 1.807) is 36.7 Å². The summed E-state index contributed by atoms with van der Waals surface area (Å²) in [5, 5.41) is 5.21. The van der Waals surface area contributed by atoms with Crippen LogP contribution in [0.2, 0.25) is 0 Å². The highest BCUT2D eigenvalue weighted by Gasteiger charge is 2.14. The Morgan fingerprint density at radius 1 is 0.935 bits per heavy atom. The molecule has 2 N–H and O–H groups in total. The monoisotopic (exact) mass is 422 g/mol. The van der Waals surface area contributed by atoms with Crippen LogP contribution >= 0.6 is 0 Å². The molecule has 0 saturated carbocycles. The van der Waals surface area contributed by atoms with E-state index in [-0.39, 0.29) is 12.4 Å². The third-order valence-corrected chi connectivity index (χ3v) is 4.23. The summed E-state index contributed by atoms with van der Waals surface area (Å²) in [5.41, 5.74) is 1.27. The molecule has 1 aromatic carbocycles. The molecular formula is C22H22N4O5. The lowest BCUT2D eigenvalue weighted by Crippen LogP contribution is -2.33. The maximum absolute atomic E-state index is 12.4. The van der Waals surface area contributed by atoms with Crippen molar-refractivity contribution in [3.63, 3.8) is 0 Å². The summed E-state index contributed by atoms with van der Waals surface area (Å²) in [6.45, 7) is 0.0562. The summed E-state index contributed by atoms with van der Waals surface area (Å²) >= 11 is 0. The van der Waals surface area contributed by atoms with Crippen LogP contribution in [-0.4, -0.2) is 42.5 Å². The first kappa shape index (κ1) is 21.6. The highest BCUT2D eigenvalue weighted by atomic mass is 16.5. The molecule has 0 aliphatic carbocycles. The molecule has 0 aliphatic heterocycles. The van der Waals surface area contributed by atoms with E-state index in [9.17, 15) is 9.59 Å². The van der Waals surface area contributed by atoms with E-state index in [0.29, 0.717) is 29.4 Å². The molecule has 31 heavy (non-hydrogen) atoms. The standard InChI is InChI=1S/C22H22N4O5/c1-29-17-6-5-16(12-19(17)30-2)22(28)25-13-20(27)26-21-18(4-3-9-24-21)31-14-15-7-10-23-11-8-15/h3-12H,13-14H2,1-2H3,(H,25,28)(H,24,26,27). The number of nitrogens with zero attached hydrogens (tertiary/aromatic N) is 2. The molecule has 0 spiro atoms. The molecule has 0 radical (unpaired) electrons. The van der Waals surface area contributed by atoms with E-state index in [0.717, 1.165) is 5.56 Å². The molecule has 9 nitrogen and oxygen atoms in total. The first-order chi connectivity index (χ1) is 15.1. The number of amides is 2. The number of benzene rings is 1. The number of carbonyl (C=O) groups excluding carboxylic acids is 2. The molecule has 3 rings (SSSR count). The fraction of sp³-hybridized carbons (Fsp3) is 0.182. The fourth-order valence-corrected chi connectivity index (χ4v) is 2.66. The quantitative estimate of drug-likeness (QED) is 0.545. The molecule has 3 aromatic rings. The Kier molecular flexibility index (Phi) is 7.36. The van der Waals surface area contributed by atoms with E-state index in [2.05, 4.69) is 20.6 Å². The molecule has 0 aliphatic rings. The molecule has 0 unspecified atom stereocenters. The number of nitrogens with one attached hydrogen (secondary N) is 2. The molecule has 2 amide bonds. The Morgan fingerprint density at radius 2 is 1.71 bits per heavy atom. The average Bonchev–Trinajstić information content (AvgIpc) is 2.82. The number of methoxy groups -OCH3 is 2. The van der Waals surface area contributed by atoms with E-state index in [4.69, 9.17) is 14.2 Å². The van der Waals surface area contributed by atoms with E-state index < -0.39 is 11.8 Å². The third kappa shape index (κ3) is 5.92. The lowest BCUT2D eigenvalue weighted by atomic mass is 10.2. The van der Waals surface area contributed by atoms with Gasteiger partial charge in [0.2, 0.25) is 5.91 Å². The predicted octanol–water partition coefficient (Wildman–Crippen LogP) is 2.44. The molecular weight excluding hydrogens is 400 g/mol. The van der Waals surface area contributed by atoms with Crippen LogP contribution < -0.4 is 24.8 Å². The van der Waals surface area contributed by atoms with Gasteiger partial charge in [0.15, 0.2) is 23.1 Å². The zero-order chi connectivity index (χ0) is 22.1. The van der Waals surface area contributed by atoms with Crippen molar-refractivity contribution in [3.05, 3.63) is 72.2 Å². The number of hydrogen-bond donors (Lipinski definition) is 2. The van der Waals surface area contributed by atoms with E-state index in [1.807, 2.05) is 12.1 Å². The van der Waals surface area contributed by atoms with Gasteiger partial charge in [-0.05, 0) is 48.0 Å². The van der Waals surface area contributed by atoms with Gasteiger partial charge in [-0.15, -0.1) is 0 Å². The van der Waals surface area contributed by atoms with Crippen molar-refractivity contribution in [3.8, 4) is 17.2 Å². The summed E-state index contributed by atoms with van der Waals surface area (Å²) < 4.78 is 16.1. The zero-order valence-corrected chi connectivity index (χ0v) is 17.1. The summed E-state index contributed by atoms with van der Waals surface area (Å²) in [6.07, 6.45) is 4.88. The van der Waals surface area contributed by atoms with Gasteiger partial charge < -0.3 is 24.8 Å². The zero-order valence-electron chi connectivity index (χ0n) is 17.1. The van der Waals surface area contributed by atoms with Crippen LogP contribution in [0.25, 0.3) is 0 Å². The number of carbonyl (C=O) groups is 2. The molecule has 2 heterocycles. The highest BCUT2D eigenvalue weighted by Crippen LogP contribution is 2.27. The van der Waals surface area contributed by atoms with E-state index in [1.165, 1.54) is 26.5 Å². The van der Waals surface area contributed by atoms with Crippen molar-refractivity contribution >= 4 is 17.6 Å². The molecule has 0 fully saturated rings. The number of aromatic nitrogens is 2. The molecule has 0 atom stereocenters. The largest absolute Gasteiger partial charge is 0.493 e. The van der Waals surface area contributed by atoms with Crippen molar-refractivity contribution in [2.75, 3.05) is 26.1 Å². The number of ether oxygens (including phenoxy) is 3. The Labute approximate surface area is 179 Å². The van der Waals surface area contributed by atoms with Gasteiger partial charge in [-0.2, -0.15) is 0 Å². The summed E-state index contributed by atoms with van der Waals surface area (Å²) in [7, 11) is 2.99. The first-order valence-corrected chi connectivity index (χ1v) is 9.37. The maximum Gasteiger partial charge on any atom is 0.251 e. The smallest absolute Gasteiger partial charge is 0.251 e. The summed E-state index contributed by atoms with van der Waals surface area (Å²) in [4.78, 5) is 32.8. The Balaban J connectivity index is 1.57. The topological polar surface area (TPSA) is 112 Å². The number of anilines is 1. The minimum atomic E-state index is -0.443. The van der Waals surface area contributed by atoms with Gasteiger partial charge in [-0.1, -0.05) is 0 Å². The van der Waals surface area contributed by atoms with Crippen LogP contribution in [0, 0.1) is 0 Å². The van der Waals surface area contributed by atoms with Crippen LogP contribution in [0.3, 0.4) is 0 Å². The normalized spacial score (nSPS) is 10.1. The molecule has 0 bridgehead atoms. The highest BCUT2D eigenvalue weighted by molar-refractivity contribution is 5.99. The average molecular weight is 422 g/mol. The second-order valence-corrected chi connectivity index (χ2v) is 6.29. The van der Waals surface area contributed by atoms with E-state index >= 15 is 0 Å². The van der Waals surface area contributed by atoms with Gasteiger partial charge in [0.25, 0.3) is 5.91 Å². The number of hydrogen-bond acceptors (Lipinski definition) is 7. The molecule has 0 saturated heterocycles. The van der Waals surface area contributed by atoms with Gasteiger partial charge in [0, 0.05) is 24.2 Å². The fourth-order valence-electron chi connectivity index (χ4n) is 2.66. The Morgan fingerprint density at radius 3 is 2.45 bits per heavy atom. The lowest BCUT2D eigenvalue weighted by Gasteiger charge is -2.12. The Hall–Kier alpha value is -4.14. The van der Waals surface area contributed by atoms with Crippen molar-refractivity contribution < 1.29 is 23.8 Å². The van der Waals surface area contributed by atoms with Gasteiger partial charge in [-0.25, -0.2) is 4.98 Å². The van der Waals surface area contributed by atoms with Gasteiger partial charge >= 0.3 is 0 Å². The Bertz CT molecular complexity index is 1040. The van der Waals surface area contributed by atoms with Gasteiger partial charge in [-0.3, -0.25) is 14.6 Å². The predicted molar refractivity (Wildman–Crippen MR) is 113 cm³/mol. The van der Waals surface area contributed by atoms with Gasteiger partial charge in [0.05, 0.1) is 20.8 Å². The molecule has 2 aromatic heterocycles. The summed E-state index contributed by atoms with van der Waals surface area (Å²) in [5.74, 6) is 0.740. The summed E-state index contributed by atoms with van der Waals surface area (Å²) in [6, 6.07) is 11.8.